The van der Waals surface area contributed by atoms with Gasteiger partial charge in [0.25, 0.3) is 0 Å². The molecule has 1 saturated heterocycles. The molecular weight excluding hydrogens is 334 g/mol. The normalized spacial score (nSPS) is 23.8. The molecule has 2 unspecified atom stereocenters. The second-order valence-corrected chi connectivity index (χ2v) is 7.48. The molecule has 3 rings (SSSR count). The Morgan fingerprint density at radius 3 is 2.64 bits per heavy atom. The van der Waals surface area contributed by atoms with Gasteiger partial charge in [0, 0.05) is 9.79 Å². The summed E-state index contributed by atoms with van der Waals surface area (Å²) in [5.74, 6) is 0. The molecule has 0 amide bonds. The van der Waals surface area contributed by atoms with E-state index in [4.69, 9.17) is 14.7 Å². The molecule has 1 N–H and O–H groups in total. The summed E-state index contributed by atoms with van der Waals surface area (Å²) in [4.78, 5) is 2.29. The molecule has 0 radical (unpaired) electrons. The van der Waals surface area contributed by atoms with E-state index in [0.29, 0.717) is 12.3 Å². The number of rotatable bonds is 5. The Morgan fingerprint density at radius 1 is 1.24 bits per heavy atom. The van der Waals surface area contributed by atoms with E-state index in [-0.39, 0.29) is 6.29 Å². The lowest BCUT2D eigenvalue weighted by atomic mass is 9.97. The summed E-state index contributed by atoms with van der Waals surface area (Å²) in [5.41, 5.74) is 2.26. The number of hydrogen-bond acceptors (Lipinski definition) is 5. The first kappa shape index (κ1) is 18.0. The fourth-order valence-electron chi connectivity index (χ4n) is 2.81. The molecule has 1 aliphatic heterocycles. The summed E-state index contributed by atoms with van der Waals surface area (Å²) in [6.07, 6.45) is 0.734. The van der Waals surface area contributed by atoms with Gasteiger partial charge >= 0.3 is 0 Å². The fraction of sp³-hybridized carbons (Fsp3) is 0.350. The van der Waals surface area contributed by atoms with Crippen LogP contribution in [0, 0.1) is 0 Å². The quantitative estimate of drug-likeness (QED) is 0.463. The van der Waals surface area contributed by atoms with Gasteiger partial charge < -0.3 is 14.7 Å². The van der Waals surface area contributed by atoms with Gasteiger partial charge in [0.1, 0.15) is 5.60 Å². The molecule has 2 atom stereocenters. The van der Waals surface area contributed by atoms with Gasteiger partial charge in [-0.15, -0.1) is 0 Å². The van der Waals surface area contributed by atoms with E-state index in [1.54, 1.807) is 18.7 Å². The molecule has 1 fully saturated rings. The standard InChI is InChI=1S/C20H23NO3S/c1-4-19-23-13-20(3,24-19)16-6-5-7-18(12-16)25-17-10-8-15(9-11-17)14(2)21-22/h5-12,19,22H,4,13H2,1-3H3. The van der Waals surface area contributed by atoms with Gasteiger partial charge in [-0.1, -0.05) is 48.1 Å². The van der Waals surface area contributed by atoms with Crippen LogP contribution in [0.2, 0.25) is 0 Å². The largest absolute Gasteiger partial charge is 0.411 e. The van der Waals surface area contributed by atoms with Gasteiger partial charge in [0.15, 0.2) is 6.29 Å². The number of nitrogens with zero attached hydrogens (tertiary/aromatic N) is 1. The smallest absolute Gasteiger partial charge is 0.158 e. The molecule has 2 aromatic carbocycles. The van der Waals surface area contributed by atoms with Crippen molar-refractivity contribution in [2.24, 2.45) is 5.16 Å². The maximum Gasteiger partial charge on any atom is 0.158 e. The summed E-state index contributed by atoms with van der Waals surface area (Å²) < 4.78 is 11.8. The Labute approximate surface area is 152 Å². The number of hydrogen-bond donors (Lipinski definition) is 1. The predicted molar refractivity (Wildman–Crippen MR) is 99.5 cm³/mol. The molecule has 0 aliphatic carbocycles. The number of oxime groups is 1. The monoisotopic (exact) mass is 357 g/mol. The second-order valence-electron chi connectivity index (χ2n) is 6.34. The van der Waals surface area contributed by atoms with Gasteiger partial charge in [0.05, 0.1) is 12.3 Å². The highest BCUT2D eigenvalue weighted by molar-refractivity contribution is 7.99. The van der Waals surface area contributed by atoms with Crippen molar-refractivity contribution in [1.29, 1.82) is 0 Å². The van der Waals surface area contributed by atoms with Crippen molar-refractivity contribution in [3.05, 3.63) is 59.7 Å². The summed E-state index contributed by atoms with van der Waals surface area (Å²) in [7, 11) is 0. The number of benzene rings is 2. The minimum absolute atomic E-state index is 0.120. The summed E-state index contributed by atoms with van der Waals surface area (Å²) >= 11 is 1.70. The Balaban J connectivity index is 1.76. The SMILES string of the molecule is CCC1OCC(C)(c2cccc(Sc3ccc(C(C)=NO)cc3)c2)O1. The average molecular weight is 357 g/mol. The van der Waals surface area contributed by atoms with Crippen molar-refractivity contribution in [2.45, 2.75) is 48.9 Å². The lowest BCUT2D eigenvalue weighted by molar-refractivity contribution is -0.0870. The third-order valence-corrected chi connectivity index (χ3v) is 5.37. The highest BCUT2D eigenvalue weighted by atomic mass is 32.2. The zero-order chi connectivity index (χ0) is 17.9. The van der Waals surface area contributed by atoms with E-state index in [0.717, 1.165) is 27.3 Å². The summed E-state index contributed by atoms with van der Waals surface area (Å²) in [6.45, 7) is 6.50. The maximum atomic E-state index is 8.85. The Morgan fingerprint density at radius 2 is 2.00 bits per heavy atom. The Bertz CT molecular complexity index is 760. The predicted octanol–water partition coefficient (Wildman–Crippen LogP) is 5.03. The van der Waals surface area contributed by atoms with E-state index in [1.807, 2.05) is 24.3 Å². The molecule has 25 heavy (non-hydrogen) atoms. The van der Waals surface area contributed by atoms with Crippen molar-refractivity contribution in [2.75, 3.05) is 6.61 Å². The van der Waals surface area contributed by atoms with Gasteiger partial charge in [-0.05, 0) is 55.7 Å². The molecule has 0 spiro atoms. The van der Waals surface area contributed by atoms with Gasteiger partial charge in [-0.3, -0.25) is 0 Å². The lowest BCUT2D eigenvalue weighted by Gasteiger charge is -2.23. The zero-order valence-electron chi connectivity index (χ0n) is 14.7. The molecule has 0 saturated carbocycles. The molecular formula is C20H23NO3S. The third kappa shape index (κ3) is 4.06. The van der Waals surface area contributed by atoms with Crippen LogP contribution in [0.3, 0.4) is 0 Å². The fourth-order valence-corrected chi connectivity index (χ4v) is 3.69. The summed E-state index contributed by atoms with van der Waals surface area (Å²) in [6, 6.07) is 16.4. The minimum atomic E-state index is -0.393. The van der Waals surface area contributed by atoms with Crippen LogP contribution in [-0.2, 0) is 15.1 Å². The second kappa shape index (κ2) is 7.60. The van der Waals surface area contributed by atoms with Crippen molar-refractivity contribution < 1.29 is 14.7 Å². The van der Waals surface area contributed by atoms with Crippen LogP contribution in [0.1, 0.15) is 38.3 Å². The molecule has 2 aromatic rings. The average Bonchev–Trinajstić information content (AvgIpc) is 3.05. The van der Waals surface area contributed by atoms with Crippen molar-refractivity contribution in [1.82, 2.24) is 0 Å². The topological polar surface area (TPSA) is 51.0 Å². The van der Waals surface area contributed by atoms with Crippen LogP contribution in [0.15, 0.2) is 63.5 Å². The van der Waals surface area contributed by atoms with Crippen LogP contribution in [0.25, 0.3) is 0 Å². The maximum absolute atomic E-state index is 8.85. The van der Waals surface area contributed by atoms with Gasteiger partial charge in [0.2, 0.25) is 0 Å². The summed E-state index contributed by atoms with van der Waals surface area (Å²) in [5, 5.41) is 12.1. The van der Waals surface area contributed by atoms with Gasteiger partial charge in [-0.2, -0.15) is 0 Å². The highest BCUT2D eigenvalue weighted by Gasteiger charge is 2.37. The minimum Gasteiger partial charge on any atom is -0.411 e. The van der Waals surface area contributed by atoms with Crippen LogP contribution in [-0.4, -0.2) is 23.8 Å². The third-order valence-electron chi connectivity index (χ3n) is 4.37. The van der Waals surface area contributed by atoms with Gasteiger partial charge in [-0.25, -0.2) is 0 Å². The molecule has 1 aliphatic rings. The highest BCUT2D eigenvalue weighted by Crippen LogP contribution is 2.37. The zero-order valence-corrected chi connectivity index (χ0v) is 15.5. The first-order valence-corrected chi connectivity index (χ1v) is 9.22. The Hall–Kier alpha value is -1.82. The lowest BCUT2D eigenvalue weighted by Crippen LogP contribution is -2.25. The van der Waals surface area contributed by atoms with Crippen molar-refractivity contribution in [3.63, 3.8) is 0 Å². The molecule has 1 heterocycles. The molecule has 0 aromatic heterocycles. The van der Waals surface area contributed by atoms with E-state index < -0.39 is 5.60 Å². The van der Waals surface area contributed by atoms with Crippen molar-refractivity contribution in [3.8, 4) is 0 Å². The van der Waals surface area contributed by atoms with E-state index in [1.165, 1.54) is 0 Å². The first-order valence-electron chi connectivity index (χ1n) is 8.41. The van der Waals surface area contributed by atoms with Crippen LogP contribution in [0.4, 0.5) is 0 Å². The molecule has 5 heteroatoms. The van der Waals surface area contributed by atoms with E-state index in [2.05, 4.69) is 43.3 Å². The van der Waals surface area contributed by atoms with Crippen LogP contribution >= 0.6 is 11.8 Å². The first-order chi connectivity index (χ1) is 12.0. The van der Waals surface area contributed by atoms with Crippen molar-refractivity contribution >= 4 is 17.5 Å². The van der Waals surface area contributed by atoms with E-state index in [9.17, 15) is 0 Å². The Kier molecular flexibility index (Phi) is 5.47. The number of ether oxygens (including phenoxy) is 2. The van der Waals surface area contributed by atoms with Crippen LogP contribution in [0.5, 0.6) is 0 Å². The molecule has 4 nitrogen and oxygen atoms in total. The molecule has 132 valence electrons. The van der Waals surface area contributed by atoms with Crippen LogP contribution < -0.4 is 0 Å². The molecule has 0 bridgehead atoms. The van der Waals surface area contributed by atoms with E-state index >= 15 is 0 Å².